The minimum Gasteiger partial charge on any atom is -0.356 e. The van der Waals surface area contributed by atoms with E-state index in [-0.39, 0.29) is 5.91 Å². The van der Waals surface area contributed by atoms with Crippen LogP contribution in [-0.2, 0) is 4.79 Å². The van der Waals surface area contributed by atoms with Crippen LogP contribution >= 0.6 is 0 Å². The average molecular weight is 155 g/mol. The summed E-state index contributed by atoms with van der Waals surface area (Å²) in [5, 5.41) is 2.90. The van der Waals surface area contributed by atoms with Gasteiger partial charge in [0, 0.05) is 13.0 Å². The van der Waals surface area contributed by atoms with Crippen LogP contribution in [0.15, 0.2) is 0 Å². The first-order chi connectivity index (χ1) is 5.16. The lowest BCUT2D eigenvalue weighted by Crippen LogP contribution is -2.22. The van der Waals surface area contributed by atoms with Crippen LogP contribution in [0.1, 0.15) is 39.5 Å². The Bertz CT molecular complexity index is 156. The number of hydrogen-bond acceptors (Lipinski definition) is 1. The highest BCUT2D eigenvalue weighted by Crippen LogP contribution is 2.32. The molecular formula is C9H17NO. The monoisotopic (exact) mass is 155 g/mol. The van der Waals surface area contributed by atoms with E-state index in [0.717, 1.165) is 19.4 Å². The fourth-order valence-corrected chi connectivity index (χ4v) is 1.49. The molecule has 0 saturated carbocycles. The average Bonchev–Trinajstić information content (AvgIpc) is 2.15. The number of amides is 1. The summed E-state index contributed by atoms with van der Waals surface area (Å²) in [5.74, 6) is 0.224. The number of carbonyl (C=O) groups excluding carboxylic acids is 1. The van der Waals surface area contributed by atoms with E-state index >= 15 is 0 Å². The Kier molecular flexibility index (Phi) is 2.53. The van der Waals surface area contributed by atoms with Gasteiger partial charge in [0.1, 0.15) is 0 Å². The standard InChI is InChI=1S/C9H17NO/c1-3-9(2)5-4-8(11)10-7-6-9/h3-7H2,1-2H3,(H,10,11)/t9-/m1/s1. The van der Waals surface area contributed by atoms with Gasteiger partial charge in [-0.25, -0.2) is 0 Å². The maximum atomic E-state index is 11.0. The van der Waals surface area contributed by atoms with E-state index in [9.17, 15) is 4.79 Å². The molecule has 1 amide bonds. The van der Waals surface area contributed by atoms with Crippen LogP contribution < -0.4 is 5.32 Å². The largest absolute Gasteiger partial charge is 0.356 e. The molecule has 11 heavy (non-hydrogen) atoms. The number of nitrogens with one attached hydrogen (secondary N) is 1. The van der Waals surface area contributed by atoms with Crippen LogP contribution in [-0.4, -0.2) is 12.5 Å². The van der Waals surface area contributed by atoms with E-state index in [0.29, 0.717) is 11.8 Å². The van der Waals surface area contributed by atoms with E-state index in [1.807, 2.05) is 0 Å². The van der Waals surface area contributed by atoms with Gasteiger partial charge in [-0.15, -0.1) is 0 Å². The highest BCUT2D eigenvalue weighted by Gasteiger charge is 2.25. The van der Waals surface area contributed by atoms with E-state index < -0.39 is 0 Å². The van der Waals surface area contributed by atoms with Crippen molar-refractivity contribution in [3.05, 3.63) is 0 Å². The van der Waals surface area contributed by atoms with Crippen molar-refractivity contribution < 1.29 is 4.79 Å². The molecule has 1 saturated heterocycles. The normalized spacial score (nSPS) is 32.7. The Morgan fingerprint density at radius 2 is 2.27 bits per heavy atom. The molecule has 1 fully saturated rings. The second-order valence-corrected chi connectivity index (χ2v) is 3.76. The molecule has 1 heterocycles. The van der Waals surface area contributed by atoms with Crippen LogP contribution in [0.3, 0.4) is 0 Å². The highest BCUT2D eigenvalue weighted by molar-refractivity contribution is 5.76. The van der Waals surface area contributed by atoms with Gasteiger partial charge < -0.3 is 5.32 Å². The van der Waals surface area contributed by atoms with Gasteiger partial charge in [-0.05, 0) is 18.3 Å². The third-order valence-corrected chi connectivity index (χ3v) is 2.86. The quantitative estimate of drug-likeness (QED) is 0.613. The molecule has 2 heteroatoms. The Hall–Kier alpha value is -0.530. The Morgan fingerprint density at radius 1 is 1.55 bits per heavy atom. The molecule has 64 valence electrons. The van der Waals surface area contributed by atoms with Crippen LogP contribution in [0, 0.1) is 5.41 Å². The van der Waals surface area contributed by atoms with Crippen molar-refractivity contribution in [1.29, 1.82) is 0 Å². The van der Waals surface area contributed by atoms with Gasteiger partial charge in [-0.3, -0.25) is 4.79 Å². The minimum absolute atomic E-state index is 0.224. The summed E-state index contributed by atoms with van der Waals surface area (Å²) in [6.07, 6.45) is 4.08. The third kappa shape index (κ3) is 2.21. The second-order valence-electron chi connectivity index (χ2n) is 3.76. The maximum Gasteiger partial charge on any atom is 0.220 e. The topological polar surface area (TPSA) is 29.1 Å². The number of carbonyl (C=O) groups is 1. The lowest BCUT2D eigenvalue weighted by atomic mass is 9.80. The summed E-state index contributed by atoms with van der Waals surface area (Å²) in [6.45, 7) is 5.34. The summed E-state index contributed by atoms with van der Waals surface area (Å²) < 4.78 is 0. The Labute approximate surface area is 68.4 Å². The van der Waals surface area contributed by atoms with Gasteiger partial charge >= 0.3 is 0 Å². The molecule has 0 aromatic carbocycles. The van der Waals surface area contributed by atoms with Crippen molar-refractivity contribution in [2.45, 2.75) is 39.5 Å². The predicted octanol–water partition coefficient (Wildman–Crippen LogP) is 1.70. The zero-order valence-electron chi connectivity index (χ0n) is 7.44. The summed E-state index contributed by atoms with van der Waals surface area (Å²) in [6, 6.07) is 0. The van der Waals surface area contributed by atoms with E-state index in [1.54, 1.807) is 0 Å². The Morgan fingerprint density at radius 3 is 2.91 bits per heavy atom. The van der Waals surface area contributed by atoms with Gasteiger partial charge in [0.15, 0.2) is 0 Å². The second kappa shape index (κ2) is 3.24. The molecule has 1 N–H and O–H groups in total. The predicted molar refractivity (Wildman–Crippen MR) is 45.3 cm³/mol. The van der Waals surface area contributed by atoms with Crippen LogP contribution in [0.25, 0.3) is 0 Å². The molecule has 0 radical (unpaired) electrons. The summed E-state index contributed by atoms with van der Waals surface area (Å²) >= 11 is 0. The molecule has 0 bridgehead atoms. The first-order valence-electron chi connectivity index (χ1n) is 4.43. The highest BCUT2D eigenvalue weighted by atomic mass is 16.1. The summed E-state index contributed by atoms with van der Waals surface area (Å²) in [5.41, 5.74) is 0.402. The molecule has 0 unspecified atom stereocenters. The molecule has 0 aliphatic carbocycles. The maximum absolute atomic E-state index is 11.0. The van der Waals surface area contributed by atoms with Crippen molar-refractivity contribution in [3.63, 3.8) is 0 Å². The molecule has 1 aliphatic rings. The molecule has 1 rings (SSSR count). The molecule has 0 aromatic heterocycles. The van der Waals surface area contributed by atoms with Crippen LogP contribution in [0.4, 0.5) is 0 Å². The zero-order chi connectivity index (χ0) is 8.32. The van der Waals surface area contributed by atoms with Gasteiger partial charge in [-0.1, -0.05) is 20.3 Å². The molecule has 0 aromatic rings. The van der Waals surface area contributed by atoms with Gasteiger partial charge in [0.2, 0.25) is 5.91 Å². The van der Waals surface area contributed by atoms with Gasteiger partial charge in [-0.2, -0.15) is 0 Å². The van der Waals surface area contributed by atoms with Crippen molar-refractivity contribution in [2.24, 2.45) is 5.41 Å². The Balaban J connectivity index is 2.52. The van der Waals surface area contributed by atoms with Crippen molar-refractivity contribution in [1.82, 2.24) is 5.32 Å². The molecule has 0 spiro atoms. The van der Waals surface area contributed by atoms with Crippen LogP contribution in [0.2, 0.25) is 0 Å². The van der Waals surface area contributed by atoms with Crippen molar-refractivity contribution in [3.8, 4) is 0 Å². The summed E-state index contributed by atoms with van der Waals surface area (Å²) in [4.78, 5) is 11.0. The first-order valence-corrected chi connectivity index (χ1v) is 4.43. The van der Waals surface area contributed by atoms with Gasteiger partial charge in [0.25, 0.3) is 0 Å². The fourth-order valence-electron chi connectivity index (χ4n) is 1.49. The summed E-state index contributed by atoms with van der Waals surface area (Å²) in [7, 11) is 0. The first kappa shape index (κ1) is 8.57. The van der Waals surface area contributed by atoms with E-state index in [4.69, 9.17) is 0 Å². The SMILES string of the molecule is CC[C@@]1(C)CCNC(=O)CC1. The molecule has 1 aliphatic heterocycles. The molecule has 1 atom stereocenters. The van der Waals surface area contributed by atoms with Crippen LogP contribution in [0.5, 0.6) is 0 Å². The molecule has 2 nitrogen and oxygen atoms in total. The number of rotatable bonds is 1. The lowest BCUT2D eigenvalue weighted by molar-refractivity contribution is -0.120. The minimum atomic E-state index is 0.224. The van der Waals surface area contributed by atoms with E-state index in [1.165, 1.54) is 6.42 Å². The van der Waals surface area contributed by atoms with Crippen molar-refractivity contribution in [2.75, 3.05) is 6.54 Å². The molecular weight excluding hydrogens is 138 g/mol. The third-order valence-electron chi connectivity index (χ3n) is 2.86. The lowest BCUT2D eigenvalue weighted by Gasteiger charge is -2.24. The zero-order valence-corrected chi connectivity index (χ0v) is 7.44. The number of hydrogen-bond donors (Lipinski definition) is 1. The van der Waals surface area contributed by atoms with Crippen molar-refractivity contribution >= 4 is 5.91 Å². The van der Waals surface area contributed by atoms with Gasteiger partial charge in [0.05, 0.1) is 0 Å². The van der Waals surface area contributed by atoms with E-state index in [2.05, 4.69) is 19.2 Å². The fraction of sp³-hybridized carbons (Fsp3) is 0.889. The smallest absolute Gasteiger partial charge is 0.220 e.